The molecule has 1 aromatic heterocycles. The highest BCUT2D eigenvalue weighted by Gasteiger charge is 2.27. The number of ether oxygens (including phenoxy) is 1. The van der Waals surface area contributed by atoms with Crippen molar-refractivity contribution in [1.82, 2.24) is 10.3 Å². The molecule has 0 radical (unpaired) electrons. The number of halogens is 3. The van der Waals surface area contributed by atoms with Crippen LogP contribution in [0.25, 0.3) is 0 Å². The standard InChI is InChI=1S/C12H17F3N2O/c1-16-11(10-4-2-6-17-8-10)5-3-7-18-9-12(13,14)15/h2,4,6,8,11,16H,3,5,7,9H2,1H3. The van der Waals surface area contributed by atoms with Crippen LogP contribution in [0.1, 0.15) is 24.4 Å². The van der Waals surface area contributed by atoms with Gasteiger partial charge in [-0.05, 0) is 31.5 Å². The van der Waals surface area contributed by atoms with Crippen molar-refractivity contribution in [3.8, 4) is 0 Å². The van der Waals surface area contributed by atoms with Gasteiger partial charge in [-0.25, -0.2) is 0 Å². The molecular formula is C12H17F3N2O. The molecule has 3 nitrogen and oxygen atoms in total. The van der Waals surface area contributed by atoms with Crippen molar-refractivity contribution in [2.24, 2.45) is 0 Å². The van der Waals surface area contributed by atoms with Gasteiger partial charge in [-0.1, -0.05) is 6.07 Å². The fourth-order valence-electron chi connectivity index (χ4n) is 1.64. The van der Waals surface area contributed by atoms with Crippen molar-refractivity contribution in [2.45, 2.75) is 25.1 Å². The minimum Gasteiger partial charge on any atom is -0.372 e. The lowest BCUT2D eigenvalue weighted by molar-refractivity contribution is -0.174. The van der Waals surface area contributed by atoms with Crippen molar-refractivity contribution in [1.29, 1.82) is 0 Å². The summed E-state index contributed by atoms with van der Waals surface area (Å²) >= 11 is 0. The predicted molar refractivity (Wildman–Crippen MR) is 62.1 cm³/mol. The molecular weight excluding hydrogens is 245 g/mol. The summed E-state index contributed by atoms with van der Waals surface area (Å²) in [5.74, 6) is 0. The van der Waals surface area contributed by atoms with Gasteiger partial charge in [0.1, 0.15) is 6.61 Å². The van der Waals surface area contributed by atoms with E-state index in [4.69, 9.17) is 0 Å². The number of rotatable bonds is 7. The molecule has 18 heavy (non-hydrogen) atoms. The van der Waals surface area contributed by atoms with E-state index in [2.05, 4.69) is 15.0 Å². The lowest BCUT2D eigenvalue weighted by atomic mass is 10.0. The Labute approximate surface area is 104 Å². The molecule has 0 aliphatic carbocycles. The molecule has 0 aliphatic heterocycles. The summed E-state index contributed by atoms with van der Waals surface area (Å²) in [5, 5.41) is 3.11. The fourth-order valence-corrected chi connectivity index (χ4v) is 1.64. The van der Waals surface area contributed by atoms with Crippen LogP contribution in [0.4, 0.5) is 13.2 Å². The second kappa shape index (κ2) is 7.33. The molecule has 0 saturated carbocycles. The van der Waals surface area contributed by atoms with Crippen LogP contribution in [0.5, 0.6) is 0 Å². The van der Waals surface area contributed by atoms with Crippen LogP contribution in [0.2, 0.25) is 0 Å². The van der Waals surface area contributed by atoms with Crippen molar-refractivity contribution in [3.05, 3.63) is 30.1 Å². The van der Waals surface area contributed by atoms with Crippen LogP contribution >= 0.6 is 0 Å². The van der Waals surface area contributed by atoms with Crippen molar-refractivity contribution in [2.75, 3.05) is 20.3 Å². The van der Waals surface area contributed by atoms with Gasteiger partial charge in [-0.2, -0.15) is 13.2 Å². The Balaban J connectivity index is 2.25. The van der Waals surface area contributed by atoms with E-state index >= 15 is 0 Å². The Kier molecular flexibility index (Phi) is 6.07. The third-order valence-electron chi connectivity index (χ3n) is 2.48. The largest absolute Gasteiger partial charge is 0.411 e. The van der Waals surface area contributed by atoms with Crippen LogP contribution in [0.3, 0.4) is 0 Å². The lowest BCUT2D eigenvalue weighted by Gasteiger charge is -2.16. The van der Waals surface area contributed by atoms with Gasteiger partial charge in [0, 0.05) is 25.0 Å². The van der Waals surface area contributed by atoms with Gasteiger partial charge in [-0.15, -0.1) is 0 Å². The van der Waals surface area contributed by atoms with E-state index in [1.54, 1.807) is 12.4 Å². The van der Waals surface area contributed by atoms with Crippen molar-refractivity contribution < 1.29 is 17.9 Å². The fraction of sp³-hybridized carbons (Fsp3) is 0.583. The average Bonchev–Trinajstić information content (AvgIpc) is 2.33. The van der Waals surface area contributed by atoms with Crippen LogP contribution in [0, 0.1) is 0 Å². The maximum absolute atomic E-state index is 11.8. The summed E-state index contributed by atoms with van der Waals surface area (Å²) in [6, 6.07) is 3.86. The minimum absolute atomic E-state index is 0.0909. The normalized spacial score (nSPS) is 13.6. The number of hydrogen-bond donors (Lipinski definition) is 1. The van der Waals surface area contributed by atoms with Crippen LogP contribution in [0.15, 0.2) is 24.5 Å². The van der Waals surface area contributed by atoms with Gasteiger partial charge in [0.05, 0.1) is 0 Å². The summed E-state index contributed by atoms with van der Waals surface area (Å²) in [5.41, 5.74) is 1.02. The first-order chi connectivity index (χ1) is 8.53. The van der Waals surface area contributed by atoms with E-state index in [0.29, 0.717) is 12.8 Å². The SMILES string of the molecule is CNC(CCCOCC(F)(F)F)c1cccnc1. The maximum atomic E-state index is 11.8. The Morgan fingerprint density at radius 3 is 2.78 bits per heavy atom. The average molecular weight is 262 g/mol. The summed E-state index contributed by atoms with van der Waals surface area (Å²) < 4.78 is 40.0. The van der Waals surface area contributed by atoms with Crippen LogP contribution in [-0.4, -0.2) is 31.4 Å². The smallest absolute Gasteiger partial charge is 0.372 e. The lowest BCUT2D eigenvalue weighted by Crippen LogP contribution is -2.19. The first-order valence-corrected chi connectivity index (χ1v) is 5.74. The zero-order valence-electron chi connectivity index (χ0n) is 10.2. The second-order valence-electron chi connectivity index (χ2n) is 3.94. The molecule has 102 valence electrons. The minimum atomic E-state index is -4.24. The molecule has 1 aromatic rings. The molecule has 6 heteroatoms. The Morgan fingerprint density at radius 1 is 1.44 bits per heavy atom. The Morgan fingerprint density at radius 2 is 2.22 bits per heavy atom. The molecule has 1 N–H and O–H groups in total. The Bertz CT molecular complexity index is 330. The van der Waals surface area contributed by atoms with Crippen molar-refractivity contribution in [3.63, 3.8) is 0 Å². The van der Waals surface area contributed by atoms with E-state index in [-0.39, 0.29) is 12.6 Å². The predicted octanol–water partition coefficient (Wildman–Crippen LogP) is 2.70. The van der Waals surface area contributed by atoms with Gasteiger partial charge in [-0.3, -0.25) is 4.98 Å². The molecule has 0 aliphatic rings. The van der Waals surface area contributed by atoms with E-state index in [1.165, 1.54) is 0 Å². The topological polar surface area (TPSA) is 34.1 Å². The van der Waals surface area contributed by atoms with Gasteiger partial charge >= 0.3 is 6.18 Å². The summed E-state index contributed by atoms with van der Waals surface area (Å²) in [6.45, 7) is -1.07. The highest BCUT2D eigenvalue weighted by molar-refractivity contribution is 5.13. The number of nitrogens with one attached hydrogen (secondary N) is 1. The van der Waals surface area contributed by atoms with E-state index in [0.717, 1.165) is 5.56 Å². The molecule has 1 heterocycles. The zero-order valence-corrected chi connectivity index (χ0v) is 10.2. The molecule has 0 bridgehead atoms. The van der Waals surface area contributed by atoms with Gasteiger partial charge in [0.25, 0.3) is 0 Å². The second-order valence-corrected chi connectivity index (χ2v) is 3.94. The number of aromatic nitrogens is 1. The monoisotopic (exact) mass is 262 g/mol. The number of hydrogen-bond acceptors (Lipinski definition) is 3. The highest BCUT2D eigenvalue weighted by Crippen LogP contribution is 2.18. The summed E-state index contributed by atoms with van der Waals surface area (Å²) in [6.07, 6.45) is 0.461. The number of nitrogens with zero attached hydrogens (tertiary/aromatic N) is 1. The molecule has 0 aromatic carbocycles. The molecule has 0 saturated heterocycles. The Hall–Kier alpha value is -1.14. The first-order valence-electron chi connectivity index (χ1n) is 5.74. The number of alkyl halides is 3. The third kappa shape index (κ3) is 5.97. The maximum Gasteiger partial charge on any atom is 0.411 e. The first kappa shape index (κ1) is 14.9. The van der Waals surface area contributed by atoms with E-state index in [1.807, 2.05) is 19.2 Å². The quantitative estimate of drug-likeness (QED) is 0.767. The van der Waals surface area contributed by atoms with Crippen LogP contribution in [-0.2, 0) is 4.74 Å². The highest BCUT2D eigenvalue weighted by atomic mass is 19.4. The van der Waals surface area contributed by atoms with Crippen LogP contribution < -0.4 is 5.32 Å². The molecule has 0 amide bonds. The van der Waals surface area contributed by atoms with E-state index < -0.39 is 12.8 Å². The summed E-state index contributed by atoms with van der Waals surface area (Å²) in [4.78, 5) is 4.01. The molecule has 0 spiro atoms. The van der Waals surface area contributed by atoms with Crippen molar-refractivity contribution >= 4 is 0 Å². The van der Waals surface area contributed by atoms with Gasteiger partial charge in [0.2, 0.25) is 0 Å². The number of pyridine rings is 1. The zero-order chi connectivity index (χ0) is 13.4. The van der Waals surface area contributed by atoms with Gasteiger partial charge < -0.3 is 10.1 Å². The van der Waals surface area contributed by atoms with Gasteiger partial charge in [0.15, 0.2) is 0 Å². The molecule has 1 rings (SSSR count). The molecule has 0 fully saturated rings. The molecule has 1 atom stereocenters. The van der Waals surface area contributed by atoms with E-state index in [9.17, 15) is 13.2 Å². The summed E-state index contributed by atoms with van der Waals surface area (Å²) in [7, 11) is 1.81. The molecule has 1 unspecified atom stereocenters. The third-order valence-corrected chi connectivity index (χ3v) is 2.48.